The standard InChI is InChI=1S/C13H12BrFN2O2/c14-10-7-9(15)4-3-8(10)6-12-16-13(17-19-12)11-2-1-5-18-11/h3-4,7,11H,1-2,5-6H2/t11-/m0/s1. The second-order valence-electron chi connectivity index (χ2n) is 4.46. The van der Waals surface area contributed by atoms with Crippen molar-refractivity contribution < 1.29 is 13.7 Å². The van der Waals surface area contributed by atoms with Gasteiger partial charge in [0.15, 0.2) is 0 Å². The van der Waals surface area contributed by atoms with Gasteiger partial charge in [-0.15, -0.1) is 0 Å². The van der Waals surface area contributed by atoms with E-state index in [-0.39, 0.29) is 11.9 Å². The van der Waals surface area contributed by atoms with Crippen LogP contribution in [0, 0.1) is 5.82 Å². The van der Waals surface area contributed by atoms with Gasteiger partial charge in [-0.05, 0) is 30.5 Å². The molecule has 0 saturated carbocycles. The Kier molecular flexibility index (Phi) is 3.61. The topological polar surface area (TPSA) is 48.2 Å². The molecule has 0 aliphatic carbocycles. The van der Waals surface area contributed by atoms with Crippen LogP contribution in [0.4, 0.5) is 4.39 Å². The molecule has 0 unspecified atom stereocenters. The Labute approximate surface area is 118 Å². The fourth-order valence-electron chi connectivity index (χ4n) is 2.08. The van der Waals surface area contributed by atoms with Crippen molar-refractivity contribution in [2.45, 2.75) is 25.4 Å². The molecule has 1 atom stereocenters. The Balaban J connectivity index is 1.76. The number of benzene rings is 1. The van der Waals surface area contributed by atoms with E-state index >= 15 is 0 Å². The van der Waals surface area contributed by atoms with Crippen molar-refractivity contribution in [2.24, 2.45) is 0 Å². The fourth-order valence-corrected chi connectivity index (χ4v) is 2.57. The summed E-state index contributed by atoms with van der Waals surface area (Å²) in [6, 6.07) is 4.54. The van der Waals surface area contributed by atoms with Crippen LogP contribution in [0.15, 0.2) is 27.2 Å². The summed E-state index contributed by atoms with van der Waals surface area (Å²) in [7, 11) is 0. The van der Waals surface area contributed by atoms with Gasteiger partial charge in [-0.3, -0.25) is 0 Å². The average molecular weight is 327 g/mol. The fraction of sp³-hybridized carbons (Fsp3) is 0.385. The Hall–Kier alpha value is -1.27. The summed E-state index contributed by atoms with van der Waals surface area (Å²) in [5.74, 6) is 0.838. The van der Waals surface area contributed by atoms with E-state index in [4.69, 9.17) is 9.26 Å². The Morgan fingerprint density at radius 3 is 3.05 bits per heavy atom. The van der Waals surface area contributed by atoms with Gasteiger partial charge in [0.05, 0.1) is 6.42 Å². The van der Waals surface area contributed by atoms with Crippen molar-refractivity contribution in [2.75, 3.05) is 6.61 Å². The van der Waals surface area contributed by atoms with Crippen LogP contribution in [0.2, 0.25) is 0 Å². The lowest BCUT2D eigenvalue weighted by Gasteiger charge is -2.01. The molecule has 1 aromatic carbocycles. The summed E-state index contributed by atoms with van der Waals surface area (Å²) in [4.78, 5) is 4.33. The summed E-state index contributed by atoms with van der Waals surface area (Å²) in [5.41, 5.74) is 0.906. The predicted octanol–water partition coefficient (Wildman–Crippen LogP) is 3.41. The lowest BCUT2D eigenvalue weighted by molar-refractivity contribution is 0.103. The number of aromatic nitrogens is 2. The predicted molar refractivity (Wildman–Crippen MR) is 69.1 cm³/mol. The molecule has 0 radical (unpaired) electrons. The summed E-state index contributed by atoms with van der Waals surface area (Å²) in [6.07, 6.45) is 2.38. The maximum Gasteiger partial charge on any atom is 0.231 e. The van der Waals surface area contributed by atoms with Gasteiger partial charge in [-0.1, -0.05) is 27.2 Å². The van der Waals surface area contributed by atoms with E-state index in [9.17, 15) is 4.39 Å². The first-order valence-corrected chi connectivity index (χ1v) is 6.89. The first-order valence-electron chi connectivity index (χ1n) is 6.10. The van der Waals surface area contributed by atoms with Gasteiger partial charge in [-0.2, -0.15) is 4.98 Å². The molecular weight excluding hydrogens is 315 g/mol. The van der Waals surface area contributed by atoms with E-state index in [2.05, 4.69) is 26.1 Å². The van der Waals surface area contributed by atoms with Gasteiger partial charge in [0.1, 0.15) is 11.9 Å². The Morgan fingerprint density at radius 2 is 2.32 bits per heavy atom. The van der Waals surface area contributed by atoms with E-state index < -0.39 is 0 Å². The van der Waals surface area contributed by atoms with Crippen molar-refractivity contribution >= 4 is 15.9 Å². The largest absolute Gasteiger partial charge is 0.370 e. The molecule has 2 aromatic rings. The monoisotopic (exact) mass is 326 g/mol. The van der Waals surface area contributed by atoms with Crippen molar-refractivity contribution in [1.82, 2.24) is 10.1 Å². The zero-order chi connectivity index (χ0) is 13.2. The lowest BCUT2D eigenvalue weighted by Crippen LogP contribution is -1.98. The maximum absolute atomic E-state index is 13.0. The van der Waals surface area contributed by atoms with Crippen LogP contribution in [0.5, 0.6) is 0 Å². The van der Waals surface area contributed by atoms with Gasteiger partial charge in [0.2, 0.25) is 11.7 Å². The maximum atomic E-state index is 13.0. The first kappa shape index (κ1) is 12.7. The third-order valence-electron chi connectivity index (χ3n) is 3.06. The minimum Gasteiger partial charge on any atom is -0.370 e. The van der Waals surface area contributed by atoms with Gasteiger partial charge in [0.25, 0.3) is 0 Å². The molecule has 3 rings (SSSR count). The normalized spacial score (nSPS) is 18.9. The molecule has 1 saturated heterocycles. The summed E-state index contributed by atoms with van der Waals surface area (Å²) >= 11 is 3.32. The Morgan fingerprint density at radius 1 is 1.42 bits per heavy atom. The molecule has 0 bridgehead atoms. The van der Waals surface area contributed by atoms with Crippen LogP contribution in [0.1, 0.15) is 36.2 Å². The van der Waals surface area contributed by atoms with Gasteiger partial charge in [-0.25, -0.2) is 4.39 Å². The number of rotatable bonds is 3. The molecule has 4 nitrogen and oxygen atoms in total. The van der Waals surface area contributed by atoms with Gasteiger partial charge >= 0.3 is 0 Å². The van der Waals surface area contributed by atoms with Crippen LogP contribution in [0.25, 0.3) is 0 Å². The Bertz CT molecular complexity index is 582. The minimum absolute atomic E-state index is 0.0471. The van der Waals surface area contributed by atoms with E-state index in [1.54, 1.807) is 6.07 Å². The van der Waals surface area contributed by atoms with Gasteiger partial charge < -0.3 is 9.26 Å². The summed E-state index contributed by atoms with van der Waals surface area (Å²) in [5, 5.41) is 3.94. The molecule has 0 amide bonds. The molecule has 19 heavy (non-hydrogen) atoms. The molecule has 1 fully saturated rings. The van der Waals surface area contributed by atoms with Gasteiger partial charge in [0, 0.05) is 11.1 Å². The number of ether oxygens (including phenoxy) is 1. The van der Waals surface area contributed by atoms with Crippen LogP contribution >= 0.6 is 15.9 Å². The van der Waals surface area contributed by atoms with Crippen molar-refractivity contribution in [3.63, 3.8) is 0 Å². The summed E-state index contributed by atoms with van der Waals surface area (Å²) in [6.45, 7) is 0.748. The molecule has 1 aliphatic rings. The van der Waals surface area contributed by atoms with Crippen LogP contribution < -0.4 is 0 Å². The SMILES string of the molecule is Fc1ccc(Cc2nc([C@@H]3CCCO3)no2)c(Br)c1. The first-order chi connectivity index (χ1) is 9.22. The van der Waals surface area contributed by atoms with E-state index in [1.165, 1.54) is 12.1 Å². The minimum atomic E-state index is -0.277. The number of hydrogen-bond donors (Lipinski definition) is 0. The third kappa shape index (κ3) is 2.84. The highest BCUT2D eigenvalue weighted by Crippen LogP contribution is 2.27. The smallest absolute Gasteiger partial charge is 0.231 e. The van der Waals surface area contributed by atoms with Crippen LogP contribution in [-0.4, -0.2) is 16.7 Å². The second kappa shape index (κ2) is 5.38. The zero-order valence-electron chi connectivity index (χ0n) is 10.1. The highest BCUT2D eigenvalue weighted by molar-refractivity contribution is 9.10. The molecular formula is C13H12BrFN2O2. The molecule has 2 heterocycles. The third-order valence-corrected chi connectivity index (χ3v) is 3.80. The number of halogens is 2. The van der Waals surface area contributed by atoms with E-state index in [1.807, 2.05) is 0 Å². The quantitative estimate of drug-likeness (QED) is 0.867. The number of hydrogen-bond acceptors (Lipinski definition) is 4. The molecule has 6 heteroatoms. The van der Waals surface area contributed by atoms with Crippen LogP contribution in [-0.2, 0) is 11.2 Å². The molecule has 1 aromatic heterocycles. The average Bonchev–Trinajstić information content (AvgIpc) is 3.03. The molecule has 100 valence electrons. The molecule has 1 aliphatic heterocycles. The van der Waals surface area contributed by atoms with Crippen molar-refractivity contribution in [3.05, 3.63) is 45.8 Å². The summed E-state index contributed by atoms with van der Waals surface area (Å²) < 4.78 is 24.4. The zero-order valence-corrected chi connectivity index (χ0v) is 11.7. The van der Waals surface area contributed by atoms with Crippen molar-refractivity contribution in [3.8, 4) is 0 Å². The lowest BCUT2D eigenvalue weighted by atomic mass is 10.1. The highest BCUT2D eigenvalue weighted by Gasteiger charge is 2.23. The molecule has 0 spiro atoms. The van der Waals surface area contributed by atoms with Crippen LogP contribution in [0.3, 0.4) is 0 Å². The molecule has 0 N–H and O–H groups in total. The van der Waals surface area contributed by atoms with Crippen molar-refractivity contribution in [1.29, 1.82) is 0 Å². The van der Waals surface area contributed by atoms with E-state index in [0.29, 0.717) is 22.6 Å². The second-order valence-corrected chi connectivity index (χ2v) is 5.31. The highest BCUT2D eigenvalue weighted by atomic mass is 79.9. The number of nitrogens with zero attached hydrogens (tertiary/aromatic N) is 2. The van der Waals surface area contributed by atoms with E-state index in [0.717, 1.165) is 25.0 Å².